The zero-order chi connectivity index (χ0) is 21.3. The van der Waals surface area contributed by atoms with Crippen LogP contribution in [0, 0.1) is 6.92 Å². The van der Waals surface area contributed by atoms with Crippen molar-refractivity contribution in [2.45, 2.75) is 19.9 Å². The lowest BCUT2D eigenvalue weighted by molar-refractivity contribution is 0.399. The fourth-order valence-electron chi connectivity index (χ4n) is 3.50. The molecule has 0 aliphatic carbocycles. The van der Waals surface area contributed by atoms with Gasteiger partial charge in [-0.05, 0) is 43.8 Å². The van der Waals surface area contributed by atoms with Gasteiger partial charge in [-0.3, -0.25) is 0 Å². The van der Waals surface area contributed by atoms with E-state index in [1.165, 1.54) is 5.56 Å². The molecule has 0 spiro atoms. The van der Waals surface area contributed by atoms with Gasteiger partial charge >= 0.3 is 0 Å². The van der Waals surface area contributed by atoms with E-state index in [1.54, 1.807) is 6.08 Å². The highest BCUT2D eigenvalue weighted by atomic mass is 35.5. The topological polar surface area (TPSA) is 54.2 Å². The molecular weight excluding hydrogens is 416 g/mol. The molecule has 1 aliphatic rings. The maximum atomic E-state index is 6.25. The predicted octanol–water partition coefficient (Wildman–Crippen LogP) is 5.55. The Labute approximate surface area is 186 Å². The first kappa shape index (κ1) is 20.3. The number of hydrogen-bond acceptors (Lipinski definition) is 4. The van der Waals surface area contributed by atoms with Crippen LogP contribution >= 0.6 is 23.8 Å². The first-order chi connectivity index (χ1) is 14.5. The zero-order valence-electron chi connectivity index (χ0n) is 16.7. The van der Waals surface area contributed by atoms with Crippen molar-refractivity contribution in [1.29, 1.82) is 0 Å². The number of nitrogens with zero attached hydrogens (tertiary/aromatic N) is 3. The molecule has 2 aromatic carbocycles. The number of benzene rings is 2. The molecule has 0 fully saturated rings. The van der Waals surface area contributed by atoms with E-state index < -0.39 is 0 Å². The van der Waals surface area contributed by atoms with Crippen molar-refractivity contribution in [1.82, 2.24) is 20.4 Å². The number of aryl methyl sites for hydroxylation is 1. The Bertz CT molecular complexity index is 1140. The number of nitrogens with one attached hydrogen (secondary N) is 1. The van der Waals surface area contributed by atoms with E-state index in [0.29, 0.717) is 28.4 Å². The lowest BCUT2D eigenvalue weighted by Gasteiger charge is -2.36. The quantitative estimate of drug-likeness (QED) is 0.418. The molecule has 30 heavy (non-hydrogen) atoms. The van der Waals surface area contributed by atoms with Gasteiger partial charge in [0.05, 0.1) is 11.6 Å². The van der Waals surface area contributed by atoms with E-state index >= 15 is 0 Å². The van der Waals surface area contributed by atoms with Gasteiger partial charge < -0.3 is 14.7 Å². The lowest BCUT2D eigenvalue weighted by atomic mass is 9.95. The standard InChI is InChI=1S/C23H21ClN4OS/c1-4-12-28-15(3)19(20(25-23(28)30)17-6-5-7-18(24)13-17)22-26-21(27-29-22)16-10-8-14(2)9-11-16/h4-11,13,20H,1,12H2,2-3H3,(H,25,30). The molecule has 152 valence electrons. The molecule has 7 heteroatoms. The third-order valence-electron chi connectivity index (χ3n) is 5.06. The lowest BCUT2D eigenvalue weighted by Crippen LogP contribution is -2.45. The third-order valence-corrected chi connectivity index (χ3v) is 5.63. The van der Waals surface area contributed by atoms with Crippen LogP contribution in [-0.2, 0) is 0 Å². The minimum absolute atomic E-state index is 0.261. The van der Waals surface area contributed by atoms with E-state index in [4.69, 9.17) is 33.3 Å². The number of hydrogen-bond donors (Lipinski definition) is 1. The molecule has 0 bridgehead atoms. The molecular formula is C23H21ClN4OS. The number of allylic oxidation sites excluding steroid dienone is 1. The van der Waals surface area contributed by atoms with E-state index in [9.17, 15) is 0 Å². The summed E-state index contributed by atoms with van der Waals surface area (Å²) in [4.78, 5) is 6.66. The van der Waals surface area contributed by atoms with Crippen molar-refractivity contribution >= 4 is 34.5 Å². The van der Waals surface area contributed by atoms with Gasteiger partial charge in [0, 0.05) is 22.8 Å². The van der Waals surface area contributed by atoms with Crippen LogP contribution in [0.15, 0.2) is 71.4 Å². The summed E-state index contributed by atoms with van der Waals surface area (Å²) in [5.74, 6) is 0.982. The van der Waals surface area contributed by atoms with Crippen LogP contribution in [-0.4, -0.2) is 26.7 Å². The summed E-state index contributed by atoms with van der Waals surface area (Å²) in [5, 5.41) is 8.87. The monoisotopic (exact) mass is 436 g/mol. The van der Waals surface area contributed by atoms with Gasteiger partial charge in [0.25, 0.3) is 5.89 Å². The van der Waals surface area contributed by atoms with Crippen LogP contribution in [0.1, 0.15) is 30.0 Å². The Kier molecular flexibility index (Phi) is 5.70. The van der Waals surface area contributed by atoms with Gasteiger partial charge in [0.1, 0.15) is 0 Å². The molecule has 5 nitrogen and oxygen atoms in total. The van der Waals surface area contributed by atoms with Crippen molar-refractivity contribution in [3.8, 4) is 11.4 Å². The summed E-state index contributed by atoms with van der Waals surface area (Å²) in [6.45, 7) is 8.45. The number of rotatable bonds is 5. The van der Waals surface area contributed by atoms with Gasteiger partial charge in [0.15, 0.2) is 5.11 Å². The van der Waals surface area contributed by atoms with Gasteiger partial charge in [-0.15, -0.1) is 6.58 Å². The molecule has 0 saturated carbocycles. The van der Waals surface area contributed by atoms with Crippen LogP contribution in [0.4, 0.5) is 0 Å². The number of halogens is 1. The predicted molar refractivity (Wildman–Crippen MR) is 124 cm³/mol. The largest absolute Gasteiger partial charge is 0.351 e. The average molecular weight is 437 g/mol. The summed E-state index contributed by atoms with van der Waals surface area (Å²) in [6, 6.07) is 15.4. The highest BCUT2D eigenvalue weighted by Gasteiger charge is 2.33. The molecule has 3 aromatic rings. The van der Waals surface area contributed by atoms with Crippen LogP contribution in [0.5, 0.6) is 0 Å². The second-order valence-corrected chi connectivity index (χ2v) is 7.95. The van der Waals surface area contributed by atoms with E-state index in [1.807, 2.05) is 67.3 Å². The molecule has 0 amide bonds. The summed E-state index contributed by atoms with van der Waals surface area (Å²) in [5.41, 5.74) is 4.83. The summed E-state index contributed by atoms with van der Waals surface area (Å²) in [7, 11) is 0. The maximum Gasteiger partial charge on any atom is 0.258 e. The molecule has 2 heterocycles. The van der Waals surface area contributed by atoms with Crippen LogP contribution in [0.2, 0.25) is 5.02 Å². The minimum atomic E-state index is -0.261. The highest BCUT2D eigenvalue weighted by molar-refractivity contribution is 7.80. The summed E-state index contributed by atoms with van der Waals surface area (Å²) < 4.78 is 5.72. The van der Waals surface area contributed by atoms with Gasteiger partial charge in [0.2, 0.25) is 5.82 Å². The molecule has 1 N–H and O–H groups in total. The van der Waals surface area contributed by atoms with Gasteiger partial charge in [-0.2, -0.15) is 4.98 Å². The molecule has 0 radical (unpaired) electrons. The molecule has 1 aromatic heterocycles. The fourth-order valence-corrected chi connectivity index (χ4v) is 4.02. The number of aromatic nitrogens is 2. The first-order valence-corrected chi connectivity index (χ1v) is 10.3. The first-order valence-electron chi connectivity index (χ1n) is 9.54. The van der Waals surface area contributed by atoms with Crippen LogP contribution in [0.3, 0.4) is 0 Å². The zero-order valence-corrected chi connectivity index (χ0v) is 18.3. The highest BCUT2D eigenvalue weighted by Crippen LogP contribution is 2.37. The minimum Gasteiger partial charge on any atom is -0.351 e. The molecule has 4 rings (SSSR count). The third kappa shape index (κ3) is 3.88. The van der Waals surface area contributed by atoms with E-state index in [2.05, 4.69) is 17.1 Å². The Balaban J connectivity index is 1.82. The second-order valence-electron chi connectivity index (χ2n) is 7.13. The Morgan fingerprint density at radius 2 is 2.00 bits per heavy atom. The van der Waals surface area contributed by atoms with Crippen LogP contribution in [0.25, 0.3) is 17.0 Å². The van der Waals surface area contributed by atoms with Crippen molar-refractivity contribution in [3.63, 3.8) is 0 Å². The Morgan fingerprint density at radius 1 is 1.23 bits per heavy atom. The van der Waals surface area contributed by atoms with Gasteiger partial charge in [-0.25, -0.2) is 0 Å². The Hall–Kier alpha value is -2.96. The van der Waals surface area contributed by atoms with Gasteiger partial charge in [-0.1, -0.05) is 64.8 Å². The molecule has 0 saturated heterocycles. The van der Waals surface area contributed by atoms with Crippen molar-refractivity contribution in [2.24, 2.45) is 0 Å². The van der Waals surface area contributed by atoms with E-state index in [-0.39, 0.29) is 6.04 Å². The summed E-state index contributed by atoms with van der Waals surface area (Å²) in [6.07, 6.45) is 1.81. The number of thiocarbonyl (C=S) groups is 1. The normalized spacial score (nSPS) is 16.6. The van der Waals surface area contributed by atoms with Crippen molar-refractivity contribution < 1.29 is 4.52 Å². The molecule has 1 aliphatic heterocycles. The van der Waals surface area contributed by atoms with Crippen LogP contribution < -0.4 is 5.32 Å². The van der Waals surface area contributed by atoms with E-state index in [0.717, 1.165) is 22.4 Å². The maximum absolute atomic E-state index is 6.25. The molecule has 1 atom stereocenters. The smallest absolute Gasteiger partial charge is 0.258 e. The molecule has 1 unspecified atom stereocenters. The fraction of sp³-hybridized carbons (Fsp3) is 0.174. The Morgan fingerprint density at radius 3 is 2.70 bits per heavy atom. The van der Waals surface area contributed by atoms with Crippen molar-refractivity contribution in [3.05, 3.63) is 88.9 Å². The SMILES string of the molecule is C=CCN1C(=S)NC(c2cccc(Cl)c2)C(c2nc(-c3ccc(C)cc3)no2)=C1C. The average Bonchev–Trinajstić information content (AvgIpc) is 3.21. The summed E-state index contributed by atoms with van der Waals surface area (Å²) >= 11 is 11.9. The van der Waals surface area contributed by atoms with Crippen molar-refractivity contribution in [2.75, 3.05) is 6.54 Å². The second kappa shape index (κ2) is 8.42.